The molecule has 0 unspecified atom stereocenters. The second kappa shape index (κ2) is 4.00. The first kappa shape index (κ1) is 9.52. The number of para-hydroxylation sites is 1. The third-order valence-corrected chi connectivity index (χ3v) is 2.09. The van der Waals surface area contributed by atoms with E-state index in [2.05, 4.69) is 0 Å². The summed E-state index contributed by atoms with van der Waals surface area (Å²) in [5.74, 6) is -0.377. The molecule has 0 spiro atoms. The molecule has 0 N–H and O–H groups in total. The summed E-state index contributed by atoms with van der Waals surface area (Å²) >= 11 is 0. The number of carboxylic acids is 1. The van der Waals surface area contributed by atoms with Crippen LogP contribution in [0.25, 0.3) is 6.08 Å². The second-order valence-electron chi connectivity index (χ2n) is 3.20. The predicted molar refractivity (Wildman–Crippen MR) is 54.1 cm³/mol. The summed E-state index contributed by atoms with van der Waals surface area (Å²) in [6.45, 7) is 0.390. The molecule has 0 bridgehead atoms. The lowest BCUT2D eigenvalue weighted by molar-refractivity contribution is -0.297. The molecular weight excluding hydrogens is 192 g/mol. The average molecular weight is 201 g/mol. The van der Waals surface area contributed by atoms with E-state index in [0.29, 0.717) is 6.61 Å². The van der Waals surface area contributed by atoms with Crippen LogP contribution in [0.5, 0.6) is 5.75 Å². The van der Waals surface area contributed by atoms with E-state index in [9.17, 15) is 9.90 Å². The molecule has 1 aromatic carbocycles. The van der Waals surface area contributed by atoms with Crippen LogP contribution in [-0.4, -0.2) is 12.6 Å². The third-order valence-electron chi connectivity index (χ3n) is 2.09. The van der Waals surface area contributed by atoms with E-state index in [1.165, 1.54) is 6.08 Å². The molecular formula is C12H9O3-. The lowest BCUT2D eigenvalue weighted by Crippen LogP contribution is -2.19. The SMILES string of the molecule is O=C([O-])/C=C/C1=Cc2ccccc2OC1. The van der Waals surface area contributed by atoms with Gasteiger partial charge in [0, 0.05) is 5.56 Å². The van der Waals surface area contributed by atoms with E-state index in [-0.39, 0.29) is 0 Å². The number of benzene rings is 1. The van der Waals surface area contributed by atoms with Gasteiger partial charge in [0.25, 0.3) is 0 Å². The minimum atomic E-state index is -1.20. The van der Waals surface area contributed by atoms with Crippen molar-refractivity contribution in [3.63, 3.8) is 0 Å². The Morgan fingerprint density at radius 1 is 1.40 bits per heavy atom. The van der Waals surface area contributed by atoms with Gasteiger partial charge in [-0.25, -0.2) is 0 Å². The number of fused-ring (bicyclic) bond motifs is 1. The van der Waals surface area contributed by atoms with Crippen LogP contribution in [-0.2, 0) is 4.79 Å². The summed E-state index contributed by atoms with van der Waals surface area (Å²) < 4.78 is 5.44. The quantitative estimate of drug-likeness (QED) is 0.664. The van der Waals surface area contributed by atoms with Crippen molar-refractivity contribution in [1.29, 1.82) is 0 Å². The molecule has 3 heteroatoms. The van der Waals surface area contributed by atoms with Gasteiger partial charge in [0.05, 0.1) is 5.97 Å². The van der Waals surface area contributed by atoms with E-state index < -0.39 is 5.97 Å². The largest absolute Gasteiger partial charge is 0.545 e. The number of carbonyl (C=O) groups excluding carboxylic acids is 1. The van der Waals surface area contributed by atoms with E-state index in [1.54, 1.807) is 0 Å². The van der Waals surface area contributed by atoms with Crippen molar-refractivity contribution >= 4 is 12.0 Å². The molecule has 0 fully saturated rings. The Labute approximate surface area is 87.3 Å². The normalized spacial score (nSPS) is 14.3. The molecule has 0 amide bonds. The first-order valence-electron chi connectivity index (χ1n) is 4.57. The number of carboxylic acid groups (broad SMARTS) is 1. The molecule has 15 heavy (non-hydrogen) atoms. The molecule has 0 radical (unpaired) electrons. The topological polar surface area (TPSA) is 49.4 Å². The molecule has 1 aromatic rings. The summed E-state index contributed by atoms with van der Waals surface area (Å²) in [7, 11) is 0. The molecule has 3 nitrogen and oxygen atoms in total. The average Bonchev–Trinajstić information content (AvgIpc) is 2.26. The highest BCUT2D eigenvalue weighted by atomic mass is 16.5. The maximum Gasteiger partial charge on any atom is 0.127 e. The fourth-order valence-electron chi connectivity index (χ4n) is 1.41. The van der Waals surface area contributed by atoms with Crippen LogP contribution in [0.15, 0.2) is 42.0 Å². The van der Waals surface area contributed by atoms with E-state index >= 15 is 0 Å². The van der Waals surface area contributed by atoms with Crippen molar-refractivity contribution < 1.29 is 14.6 Å². The van der Waals surface area contributed by atoms with Gasteiger partial charge < -0.3 is 14.6 Å². The van der Waals surface area contributed by atoms with Crippen LogP contribution in [0.4, 0.5) is 0 Å². The van der Waals surface area contributed by atoms with Gasteiger partial charge in [-0.3, -0.25) is 0 Å². The zero-order valence-corrected chi connectivity index (χ0v) is 7.97. The maximum absolute atomic E-state index is 10.2. The number of hydrogen-bond donors (Lipinski definition) is 0. The molecule has 1 heterocycles. The molecule has 1 aliphatic rings. The monoisotopic (exact) mass is 201 g/mol. The number of rotatable bonds is 2. The summed E-state index contributed by atoms with van der Waals surface area (Å²) in [6.07, 6.45) is 4.40. The third kappa shape index (κ3) is 2.26. The highest BCUT2D eigenvalue weighted by Crippen LogP contribution is 2.25. The molecule has 1 aliphatic heterocycles. The first-order chi connectivity index (χ1) is 7.25. The van der Waals surface area contributed by atoms with Crippen molar-refractivity contribution in [3.8, 4) is 5.75 Å². The Bertz CT molecular complexity index is 444. The molecule has 2 rings (SSSR count). The van der Waals surface area contributed by atoms with Crippen LogP contribution in [0.3, 0.4) is 0 Å². The minimum Gasteiger partial charge on any atom is -0.545 e. The number of hydrogen-bond acceptors (Lipinski definition) is 3. The van der Waals surface area contributed by atoms with Crippen molar-refractivity contribution in [2.45, 2.75) is 0 Å². The van der Waals surface area contributed by atoms with Crippen molar-refractivity contribution in [3.05, 3.63) is 47.6 Å². The van der Waals surface area contributed by atoms with Gasteiger partial charge >= 0.3 is 0 Å². The molecule has 76 valence electrons. The van der Waals surface area contributed by atoms with Gasteiger partial charge in [-0.1, -0.05) is 24.3 Å². The second-order valence-corrected chi connectivity index (χ2v) is 3.20. The summed E-state index contributed by atoms with van der Waals surface area (Å²) in [4.78, 5) is 10.2. The minimum absolute atomic E-state index is 0.390. The fourth-order valence-corrected chi connectivity index (χ4v) is 1.41. The Morgan fingerprint density at radius 3 is 3.00 bits per heavy atom. The molecule has 0 aliphatic carbocycles. The van der Waals surface area contributed by atoms with Crippen LogP contribution in [0, 0.1) is 0 Å². The smallest absolute Gasteiger partial charge is 0.127 e. The van der Waals surface area contributed by atoms with Crippen molar-refractivity contribution in [1.82, 2.24) is 0 Å². The Hall–Kier alpha value is -2.03. The Balaban J connectivity index is 2.25. The number of carbonyl (C=O) groups is 1. The predicted octanol–water partition coefficient (Wildman–Crippen LogP) is 0.768. The number of ether oxygens (including phenoxy) is 1. The van der Waals surface area contributed by atoms with Crippen LogP contribution in [0.2, 0.25) is 0 Å². The lowest BCUT2D eigenvalue weighted by Gasteiger charge is -2.15. The molecule has 0 atom stereocenters. The van der Waals surface area contributed by atoms with Gasteiger partial charge in [0.1, 0.15) is 12.4 Å². The zero-order chi connectivity index (χ0) is 10.7. The van der Waals surface area contributed by atoms with Gasteiger partial charge in [-0.05, 0) is 23.8 Å². The molecule has 0 aromatic heterocycles. The van der Waals surface area contributed by atoms with Crippen LogP contribution < -0.4 is 9.84 Å². The van der Waals surface area contributed by atoms with Gasteiger partial charge in [-0.15, -0.1) is 0 Å². The standard InChI is InChI=1S/C12H10O3/c13-12(14)6-5-9-7-10-3-1-2-4-11(10)15-8-9/h1-7H,8H2,(H,13,14)/p-1/b6-5+. The highest BCUT2D eigenvalue weighted by Gasteiger charge is 2.07. The molecule has 0 saturated heterocycles. The highest BCUT2D eigenvalue weighted by molar-refractivity contribution is 5.79. The maximum atomic E-state index is 10.2. The zero-order valence-electron chi connectivity index (χ0n) is 7.97. The summed E-state index contributed by atoms with van der Waals surface area (Å²) in [5.41, 5.74) is 1.78. The van der Waals surface area contributed by atoms with Crippen molar-refractivity contribution in [2.24, 2.45) is 0 Å². The van der Waals surface area contributed by atoms with Gasteiger partial charge in [-0.2, -0.15) is 0 Å². The summed E-state index contributed by atoms with van der Waals surface area (Å²) in [5, 5.41) is 10.2. The first-order valence-corrected chi connectivity index (χ1v) is 4.57. The number of aliphatic carboxylic acids is 1. The van der Waals surface area contributed by atoms with Gasteiger partial charge in [0.2, 0.25) is 0 Å². The Kier molecular flexibility index (Phi) is 2.54. The van der Waals surface area contributed by atoms with Crippen LogP contribution >= 0.6 is 0 Å². The molecule has 0 saturated carbocycles. The fraction of sp³-hybridized carbons (Fsp3) is 0.0833. The Morgan fingerprint density at radius 2 is 2.20 bits per heavy atom. The van der Waals surface area contributed by atoms with E-state index in [1.807, 2.05) is 30.3 Å². The van der Waals surface area contributed by atoms with Gasteiger partial charge in [0.15, 0.2) is 0 Å². The van der Waals surface area contributed by atoms with E-state index in [4.69, 9.17) is 4.74 Å². The van der Waals surface area contributed by atoms with Crippen LogP contribution in [0.1, 0.15) is 5.56 Å². The summed E-state index contributed by atoms with van der Waals surface area (Å²) in [6, 6.07) is 7.60. The van der Waals surface area contributed by atoms with Crippen molar-refractivity contribution in [2.75, 3.05) is 6.61 Å². The lowest BCUT2D eigenvalue weighted by atomic mass is 10.1. The van der Waals surface area contributed by atoms with E-state index in [0.717, 1.165) is 23.0 Å².